The molecule has 0 heterocycles. The van der Waals surface area contributed by atoms with Crippen LogP contribution < -0.4 is 57.3 Å². The average molecular weight is 249 g/mol. The van der Waals surface area contributed by atoms with E-state index in [1.165, 1.54) is 0 Å². The van der Waals surface area contributed by atoms with E-state index in [1.54, 1.807) is 0 Å². The van der Waals surface area contributed by atoms with Crippen LogP contribution in [0.2, 0.25) is 0 Å². The van der Waals surface area contributed by atoms with Crippen molar-refractivity contribution in [2.45, 2.75) is 0 Å². The Morgan fingerprint density at radius 2 is 1.58 bits per heavy atom. The molecule has 0 aromatic carbocycles. The van der Waals surface area contributed by atoms with Crippen LogP contribution in [0.3, 0.4) is 0 Å². The van der Waals surface area contributed by atoms with Crippen LogP contribution in [0, 0.1) is 0 Å². The normalized spacial score (nSPS) is 12.2. The summed E-state index contributed by atoms with van der Waals surface area (Å²) in [4.78, 5) is 0. The zero-order valence-electron chi connectivity index (χ0n) is 6.70. The molecule has 0 saturated carbocycles. The van der Waals surface area contributed by atoms with Gasteiger partial charge in [0.15, 0.2) is 0 Å². The third-order valence-electron chi connectivity index (χ3n) is 0.315. The molecule has 0 aliphatic rings. The molecule has 0 aromatic rings. The summed E-state index contributed by atoms with van der Waals surface area (Å²) in [5.74, 6) is 4.07. The van der Waals surface area contributed by atoms with Crippen molar-refractivity contribution in [1.82, 2.24) is 0 Å². The van der Waals surface area contributed by atoms with E-state index < -0.39 is 20.8 Å². The van der Waals surface area contributed by atoms with E-state index >= 15 is 0 Å². The third-order valence-corrected chi connectivity index (χ3v) is 1.11. The van der Waals surface area contributed by atoms with E-state index in [4.69, 9.17) is 4.55 Å². The maximum Gasteiger partial charge on any atom is 1.00 e. The van der Waals surface area contributed by atoms with Crippen molar-refractivity contribution in [3.63, 3.8) is 0 Å². The van der Waals surface area contributed by atoms with Crippen LogP contribution in [-0.2, 0) is 33.7 Å². The first-order chi connectivity index (χ1) is 4.77. The zero-order valence-corrected chi connectivity index (χ0v) is 10.5. The van der Waals surface area contributed by atoms with Gasteiger partial charge in [0, 0.05) is 0 Å². The molecule has 9 nitrogen and oxygen atoms in total. The van der Waals surface area contributed by atoms with Crippen molar-refractivity contribution in [2.75, 3.05) is 0 Å². The Balaban J connectivity index is -0.000000500. The monoisotopic (exact) mass is 249 g/mol. The van der Waals surface area contributed by atoms with E-state index in [9.17, 15) is 16.8 Å². The van der Waals surface area contributed by atoms with Crippen LogP contribution in [0.25, 0.3) is 0 Å². The summed E-state index contributed by atoms with van der Waals surface area (Å²) < 4.78 is 56.0. The molecule has 12 heavy (non-hydrogen) atoms. The van der Waals surface area contributed by atoms with Gasteiger partial charge in [0.05, 0.1) is 0 Å². The minimum atomic E-state index is -5.00. The summed E-state index contributed by atoms with van der Waals surface area (Å²) >= 11 is 0. The van der Waals surface area contributed by atoms with Crippen molar-refractivity contribution in [1.29, 1.82) is 0 Å². The van der Waals surface area contributed by atoms with Gasteiger partial charge in [-0.2, -0.15) is 27.0 Å². The van der Waals surface area contributed by atoms with Gasteiger partial charge in [0.25, 0.3) is 0 Å². The molecule has 0 radical (unpaired) electrons. The fourth-order valence-electron chi connectivity index (χ4n) is 0.0852. The van der Waals surface area contributed by atoms with Gasteiger partial charge in [-0.05, 0) is 0 Å². The summed E-state index contributed by atoms with van der Waals surface area (Å²) in [6, 6.07) is 0. The topological polar surface area (TPSA) is 142 Å². The molecule has 70 valence electrons. The van der Waals surface area contributed by atoms with Gasteiger partial charge in [-0.1, -0.05) is 8.67 Å². The van der Waals surface area contributed by atoms with Crippen LogP contribution in [-0.4, -0.2) is 21.4 Å². The molecule has 0 unspecified atom stereocenters. The zero-order chi connectivity index (χ0) is 9.12. The molecule has 12 heteroatoms. The number of nitrogens with two attached hydrogens (primary N) is 1. The third kappa shape index (κ3) is 9.42. The van der Waals surface area contributed by atoms with Gasteiger partial charge in [0.2, 0.25) is 0 Å². The molecule has 0 amide bonds. The average Bonchev–Trinajstić information content (AvgIpc) is 1.83. The molecule has 0 aliphatic heterocycles. The summed E-state index contributed by atoms with van der Waals surface area (Å²) in [6.45, 7) is 0. The van der Waals surface area contributed by atoms with Gasteiger partial charge in [0.1, 0.15) is 0 Å². The molecule has 0 rings (SSSR count). The maximum absolute atomic E-state index is 9.98. The molecule has 3 N–H and O–H groups in total. The van der Waals surface area contributed by atoms with Crippen LogP contribution in [0.4, 0.5) is 0 Å². The quantitative estimate of drug-likeness (QED) is 0.216. The van der Waals surface area contributed by atoms with Crippen molar-refractivity contribution in [3.05, 3.63) is 0 Å². The molecule has 0 bridgehead atoms. The van der Waals surface area contributed by atoms with Crippen molar-refractivity contribution < 1.29 is 87.2 Å². The van der Waals surface area contributed by atoms with E-state index in [-0.39, 0.29) is 52.8 Å². The standard InChI is InChI=1S/K.H3NO8S2.H/c;1-7-11(5,6)9-8-10(2,3)4;/h;1H2,(H,2,3,4);/q+1;;-1. The van der Waals surface area contributed by atoms with Crippen LogP contribution >= 0.6 is 0 Å². The molecule has 0 spiro atoms. The van der Waals surface area contributed by atoms with Gasteiger partial charge >= 0.3 is 72.2 Å². The minimum absolute atomic E-state index is 0. The fraction of sp³-hybridized carbons (Fsp3) is 0. The number of rotatable bonds is 4. The largest absolute Gasteiger partial charge is 1.00 e. The molecular weight excluding hydrogens is 245 g/mol. The van der Waals surface area contributed by atoms with E-state index in [0.29, 0.717) is 0 Å². The van der Waals surface area contributed by atoms with Crippen molar-refractivity contribution in [2.24, 2.45) is 5.90 Å². The van der Waals surface area contributed by atoms with Crippen LogP contribution in [0.15, 0.2) is 0 Å². The minimum Gasteiger partial charge on any atom is -1.00 e. The molecule has 0 saturated heterocycles. The summed E-state index contributed by atoms with van der Waals surface area (Å²) in [6.07, 6.45) is 0. The Morgan fingerprint density at radius 1 is 1.17 bits per heavy atom. The maximum atomic E-state index is 9.98. The number of hydrogen-bond donors (Lipinski definition) is 2. The SMILES string of the molecule is NOS(=O)(=O)OOS(=O)(=O)O.[H-].[K+]. The van der Waals surface area contributed by atoms with Crippen LogP contribution in [0.1, 0.15) is 1.43 Å². The summed E-state index contributed by atoms with van der Waals surface area (Å²) in [7, 11) is -9.74. The van der Waals surface area contributed by atoms with Crippen molar-refractivity contribution in [3.8, 4) is 0 Å². The summed E-state index contributed by atoms with van der Waals surface area (Å²) in [5.41, 5.74) is 0. The van der Waals surface area contributed by atoms with Gasteiger partial charge in [-0.15, -0.1) is 0 Å². The Hall–Kier alpha value is 1.34. The van der Waals surface area contributed by atoms with E-state index in [0.717, 1.165) is 0 Å². The molecule has 0 fully saturated rings. The van der Waals surface area contributed by atoms with Gasteiger partial charge < -0.3 is 1.43 Å². The second-order valence-electron chi connectivity index (χ2n) is 1.07. The second kappa shape index (κ2) is 5.94. The van der Waals surface area contributed by atoms with E-state index in [1.807, 2.05) is 0 Å². The first-order valence-corrected chi connectivity index (χ1v) is 4.45. The predicted octanol–water partition coefficient (Wildman–Crippen LogP) is -5.01. The predicted molar refractivity (Wildman–Crippen MR) is 29.0 cm³/mol. The molecular formula is H4KNO8S2. The van der Waals surface area contributed by atoms with E-state index in [2.05, 4.69) is 18.8 Å². The van der Waals surface area contributed by atoms with Gasteiger partial charge in [-0.25, -0.2) is 0 Å². The van der Waals surface area contributed by atoms with Gasteiger partial charge in [-0.3, -0.25) is 4.55 Å². The Morgan fingerprint density at radius 3 is 1.83 bits per heavy atom. The molecule has 0 aromatic heterocycles. The first-order valence-electron chi connectivity index (χ1n) is 1.75. The summed E-state index contributed by atoms with van der Waals surface area (Å²) in [5, 5.41) is 0. The molecule has 0 aliphatic carbocycles. The Labute approximate surface area is 112 Å². The van der Waals surface area contributed by atoms with Crippen molar-refractivity contribution >= 4 is 20.8 Å². The first kappa shape index (κ1) is 15.8. The Bertz CT molecular complexity index is 303. The second-order valence-corrected chi connectivity index (χ2v) is 3.20. The number of hydrogen-bond acceptors (Lipinski definition) is 8. The fourth-order valence-corrected chi connectivity index (χ4v) is 0.670. The smallest absolute Gasteiger partial charge is 1.00 e. The Kier molecular flexibility index (Phi) is 7.82. The molecule has 0 atom stereocenters. The van der Waals surface area contributed by atoms with Crippen LogP contribution in [0.5, 0.6) is 0 Å².